The van der Waals surface area contributed by atoms with Crippen molar-refractivity contribution in [2.45, 2.75) is 24.5 Å². The normalized spacial score (nSPS) is 23.0. The molecule has 104 valence electrons. The third-order valence-electron chi connectivity index (χ3n) is 3.27. The monoisotopic (exact) mass is 284 g/mol. The average molecular weight is 284 g/mol. The molecule has 1 saturated carbocycles. The summed E-state index contributed by atoms with van der Waals surface area (Å²) in [6.07, 6.45) is 3.21. The number of aromatic nitrogens is 1. The van der Waals surface area contributed by atoms with E-state index in [4.69, 9.17) is 0 Å². The Labute approximate surface area is 112 Å². The van der Waals surface area contributed by atoms with Crippen molar-refractivity contribution in [3.63, 3.8) is 0 Å². The first-order valence-corrected chi connectivity index (χ1v) is 7.59. The van der Waals surface area contributed by atoms with Gasteiger partial charge in [-0.15, -0.1) is 0 Å². The van der Waals surface area contributed by atoms with E-state index >= 15 is 0 Å². The summed E-state index contributed by atoms with van der Waals surface area (Å²) in [5.41, 5.74) is 0. The Bertz CT molecular complexity index is 544. The minimum absolute atomic E-state index is 0.262. The van der Waals surface area contributed by atoms with Crippen molar-refractivity contribution >= 4 is 21.8 Å². The first-order chi connectivity index (χ1) is 9.04. The van der Waals surface area contributed by atoms with Gasteiger partial charge in [-0.2, -0.15) is 0 Å². The van der Waals surface area contributed by atoms with Crippen molar-refractivity contribution in [3.05, 3.63) is 24.4 Å². The molecular weight excluding hydrogens is 268 g/mol. The Morgan fingerprint density at radius 2 is 2.21 bits per heavy atom. The predicted molar refractivity (Wildman–Crippen MR) is 69.9 cm³/mol. The summed E-state index contributed by atoms with van der Waals surface area (Å²) in [5.74, 6) is -0.793. The van der Waals surface area contributed by atoms with Crippen molar-refractivity contribution in [1.82, 2.24) is 4.98 Å². The van der Waals surface area contributed by atoms with E-state index in [-0.39, 0.29) is 5.82 Å². The van der Waals surface area contributed by atoms with E-state index in [2.05, 4.69) is 14.4 Å². The molecule has 1 heterocycles. The molecule has 1 N–H and O–H groups in total. The van der Waals surface area contributed by atoms with Crippen molar-refractivity contribution in [3.8, 4) is 0 Å². The predicted octanol–water partition coefficient (Wildman–Crippen LogP) is 1.16. The fourth-order valence-corrected chi connectivity index (χ4v) is 4.08. The van der Waals surface area contributed by atoms with Gasteiger partial charge in [-0.25, -0.2) is 13.4 Å². The molecule has 0 aliphatic heterocycles. The molecule has 1 aliphatic rings. The van der Waals surface area contributed by atoms with E-state index in [1.807, 2.05) is 0 Å². The highest BCUT2D eigenvalue weighted by molar-refractivity contribution is 7.93. The Morgan fingerprint density at radius 3 is 2.84 bits per heavy atom. The second-order valence-electron chi connectivity index (χ2n) is 4.46. The Hall–Kier alpha value is -1.63. The van der Waals surface area contributed by atoms with E-state index in [1.54, 1.807) is 18.2 Å². The number of pyridine rings is 1. The molecule has 2 unspecified atom stereocenters. The molecule has 1 aliphatic carbocycles. The highest BCUT2D eigenvalue weighted by atomic mass is 32.2. The number of hydrogen-bond acceptors (Lipinski definition) is 5. The third-order valence-corrected chi connectivity index (χ3v) is 5.12. The van der Waals surface area contributed by atoms with E-state index < -0.39 is 27.2 Å². The lowest BCUT2D eigenvalue weighted by Crippen LogP contribution is -2.35. The lowest BCUT2D eigenvalue weighted by molar-refractivity contribution is -0.145. The number of carbonyl (C=O) groups excluding carboxylic acids is 1. The zero-order chi connectivity index (χ0) is 13.9. The number of hydrogen-bond donors (Lipinski definition) is 1. The third kappa shape index (κ3) is 3.04. The summed E-state index contributed by atoms with van der Waals surface area (Å²) in [4.78, 5) is 15.5. The number of esters is 1. The largest absolute Gasteiger partial charge is 0.469 e. The van der Waals surface area contributed by atoms with Crippen LogP contribution in [-0.4, -0.2) is 31.7 Å². The molecule has 1 aromatic rings. The lowest BCUT2D eigenvalue weighted by atomic mass is 10.1. The van der Waals surface area contributed by atoms with Gasteiger partial charge in [0.1, 0.15) is 5.82 Å². The van der Waals surface area contributed by atoms with Gasteiger partial charge >= 0.3 is 5.97 Å². The molecule has 1 aromatic heterocycles. The zero-order valence-electron chi connectivity index (χ0n) is 10.6. The molecule has 19 heavy (non-hydrogen) atoms. The smallest absolute Gasteiger partial charge is 0.310 e. The van der Waals surface area contributed by atoms with E-state index in [1.165, 1.54) is 13.3 Å². The van der Waals surface area contributed by atoms with E-state index in [9.17, 15) is 13.2 Å². The molecule has 0 saturated heterocycles. The van der Waals surface area contributed by atoms with Gasteiger partial charge in [-0.05, 0) is 25.0 Å². The molecule has 0 spiro atoms. The van der Waals surface area contributed by atoms with Crippen LogP contribution in [0.3, 0.4) is 0 Å². The van der Waals surface area contributed by atoms with E-state index in [0.29, 0.717) is 19.3 Å². The Balaban J connectivity index is 2.17. The lowest BCUT2D eigenvalue weighted by Gasteiger charge is -2.18. The molecule has 0 amide bonds. The maximum absolute atomic E-state index is 12.3. The van der Waals surface area contributed by atoms with Crippen LogP contribution in [0.4, 0.5) is 5.82 Å². The minimum atomic E-state index is -3.63. The topological polar surface area (TPSA) is 85.4 Å². The van der Waals surface area contributed by atoms with Crippen molar-refractivity contribution in [1.29, 1.82) is 0 Å². The number of nitrogens with zero attached hydrogens (tertiary/aromatic N) is 1. The summed E-state index contributed by atoms with van der Waals surface area (Å²) < 4.78 is 31.6. The van der Waals surface area contributed by atoms with Crippen LogP contribution in [0.15, 0.2) is 24.4 Å². The molecule has 1 fully saturated rings. The van der Waals surface area contributed by atoms with Gasteiger partial charge in [-0.1, -0.05) is 12.5 Å². The van der Waals surface area contributed by atoms with Gasteiger partial charge in [0.05, 0.1) is 18.3 Å². The second-order valence-corrected chi connectivity index (χ2v) is 6.36. The van der Waals surface area contributed by atoms with Crippen LogP contribution < -0.4 is 4.72 Å². The van der Waals surface area contributed by atoms with Crippen molar-refractivity contribution < 1.29 is 17.9 Å². The molecular formula is C12H16N2O4S. The average Bonchev–Trinajstić information content (AvgIpc) is 2.88. The number of methoxy groups -OCH3 is 1. The molecule has 2 rings (SSSR count). The molecule has 0 bridgehead atoms. The number of nitrogens with one attached hydrogen (secondary N) is 1. The van der Waals surface area contributed by atoms with Gasteiger partial charge in [0.15, 0.2) is 0 Å². The maximum Gasteiger partial charge on any atom is 0.310 e. The van der Waals surface area contributed by atoms with E-state index in [0.717, 1.165) is 0 Å². The van der Waals surface area contributed by atoms with Crippen molar-refractivity contribution in [2.24, 2.45) is 5.92 Å². The van der Waals surface area contributed by atoms with Gasteiger partial charge in [-0.3, -0.25) is 9.52 Å². The van der Waals surface area contributed by atoms with Crippen LogP contribution in [0.25, 0.3) is 0 Å². The summed E-state index contributed by atoms with van der Waals surface area (Å²) in [6, 6.07) is 4.96. The number of ether oxygens (including phenoxy) is 1. The molecule has 6 nitrogen and oxygen atoms in total. The highest BCUT2D eigenvalue weighted by Crippen LogP contribution is 2.32. The van der Waals surface area contributed by atoms with Crippen LogP contribution >= 0.6 is 0 Å². The highest BCUT2D eigenvalue weighted by Gasteiger charge is 2.42. The van der Waals surface area contributed by atoms with Crippen LogP contribution in [0.2, 0.25) is 0 Å². The van der Waals surface area contributed by atoms with Gasteiger partial charge in [0, 0.05) is 6.20 Å². The molecule has 7 heteroatoms. The first-order valence-electron chi connectivity index (χ1n) is 6.05. The second kappa shape index (κ2) is 5.56. The fraction of sp³-hybridized carbons (Fsp3) is 0.500. The maximum atomic E-state index is 12.3. The summed E-state index contributed by atoms with van der Waals surface area (Å²) in [7, 11) is -2.36. The van der Waals surface area contributed by atoms with Gasteiger partial charge < -0.3 is 4.74 Å². The number of carbonyl (C=O) groups is 1. The SMILES string of the molecule is COC(=O)C1CCCC1S(=O)(=O)Nc1ccccn1. The van der Waals surface area contributed by atoms with Crippen LogP contribution in [-0.2, 0) is 19.6 Å². The molecule has 0 aromatic carbocycles. The van der Waals surface area contributed by atoms with Crippen LogP contribution in [0.1, 0.15) is 19.3 Å². The number of anilines is 1. The van der Waals surface area contributed by atoms with Gasteiger partial charge in [0.25, 0.3) is 0 Å². The first kappa shape index (κ1) is 13.8. The Kier molecular flexibility index (Phi) is 4.04. The van der Waals surface area contributed by atoms with Gasteiger partial charge in [0.2, 0.25) is 10.0 Å². The van der Waals surface area contributed by atoms with Crippen molar-refractivity contribution in [2.75, 3.05) is 11.8 Å². The molecule has 2 atom stereocenters. The fourth-order valence-electron chi connectivity index (χ4n) is 2.36. The quantitative estimate of drug-likeness (QED) is 0.839. The summed E-state index contributed by atoms with van der Waals surface area (Å²) in [6.45, 7) is 0. The van der Waals surface area contributed by atoms with Crippen LogP contribution in [0.5, 0.6) is 0 Å². The minimum Gasteiger partial charge on any atom is -0.469 e. The Morgan fingerprint density at radius 1 is 1.42 bits per heavy atom. The summed E-state index contributed by atoms with van der Waals surface area (Å²) >= 11 is 0. The van der Waals surface area contributed by atoms with Crippen LogP contribution in [0, 0.1) is 5.92 Å². The summed E-state index contributed by atoms with van der Waals surface area (Å²) in [5, 5.41) is -0.748. The number of sulfonamides is 1. The standard InChI is InChI=1S/C12H16N2O4S/c1-18-12(15)9-5-4-6-10(9)19(16,17)14-11-7-2-3-8-13-11/h2-3,7-10H,4-6H2,1H3,(H,13,14). The number of rotatable bonds is 4. The molecule has 0 radical (unpaired) electrons. The zero-order valence-corrected chi connectivity index (χ0v) is 11.4.